The smallest absolute Gasteiger partial charge is 0.0757 e. The standard InChI is InChI=1S/C11H24N2O2S/c1-9(14)10(2)16-8-11(15)7-13-5-3-12-4-6-13/h9-12,14-15H,3-8H2,1-2H3. The van der Waals surface area contributed by atoms with Gasteiger partial charge < -0.3 is 15.5 Å². The van der Waals surface area contributed by atoms with Gasteiger partial charge in [-0.2, -0.15) is 11.8 Å². The Balaban J connectivity index is 2.12. The summed E-state index contributed by atoms with van der Waals surface area (Å²) in [6, 6.07) is 0. The first-order valence-electron chi connectivity index (χ1n) is 6.00. The molecule has 96 valence electrons. The summed E-state index contributed by atoms with van der Waals surface area (Å²) in [4.78, 5) is 2.29. The quantitative estimate of drug-likeness (QED) is 0.605. The molecule has 1 saturated heterocycles. The number of hydrogen-bond donors (Lipinski definition) is 3. The minimum atomic E-state index is -0.309. The van der Waals surface area contributed by atoms with E-state index >= 15 is 0 Å². The molecule has 1 heterocycles. The molecule has 0 aromatic rings. The zero-order chi connectivity index (χ0) is 12.0. The SMILES string of the molecule is CC(O)C(C)SCC(O)CN1CCNCC1. The average molecular weight is 248 g/mol. The van der Waals surface area contributed by atoms with Gasteiger partial charge in [-0.1, -0.05) is 6.92 Å². The van der Waals surface area contributed by atoms with E-state index in [4.69, 9.17) is 0 Å². The molecule has 5 heteroatoms. The Morgan fingerprint density at radius 2 is 1.88 bits per heavy atom. The van der Waals surface area contributed by atoms with Crippen LogP contribution in [0.1, 0.15) is 13.8 Å². The molecule has 3 unspecified atom stereocenters. The van der Waals surface area contributed by atoms with Crippen molar-refractivity contribution in [1.82, 2.24) is 10.2 Å². The van der Waals surface area contributed by atoms with Crippen LogP contribution in [0.2, 0.25) is 0 Å². The molecule has 0 spiro atoms. The zero-order valence-corrected chi connectivity index (χ0v) is 11.0. The molecule has 3 atom stereocenters. The van der Waals surface area contributed by atoms with Crippen molar-refractivity contribution in [3.05, 3.63) is 0 Å². The van der Waals surface area contributed by atoms with Gasteiger partial charge in [0.2, 0.25) is 0 Å². The number of aliphatic hydroxyl groups is 2. The van der Waals surface area contributed by atoms with E-state index in [0.717, 1.165) is 32.7 Å². The van der Waals surface area contributed by atoms with Gasteiger partial charge in [-0.25, -0.2) is 0 Å². The van der Waals surface area contributed by atoms with Gasteiger partial charge in [-0.15, -0.1) is 0 Å². The van der Waals surface area contributed by atoms with E-state index in [0.29, 0.717) is 5.75 Å². The molecule has 0 bridgehead atoms. The number of hydrogen-bond acceptors (Lipinski definition) is 5. The Kier molecular flexibility index (Phi) is 6.68. The van der Waals surface area contributed by atoms with E-state index in [9.17, 15) is 10.2 Å². The van der Waals surface area contributed by atoms with Gasteiger partial charge in [0.15, 0.2) is 0 Å². The highest BCUT2D eigenvalue weighted by atomic mass is 32.2. The Hall–Kier alpha value is 0.190. The molecule has 1 rings (SSSR count). The first-order chi connectivity index (χ1) is 7.59. The van der Waals surface area contributed by atoms with E-state index in [1.165, 1.54) is 0 Å². The van der Waals surface area contributed by atoms with Crippen LogP contribution in [-0.2, 0) is 0 Å². The summed E-state index contributed by atoms with van der Waals surface area (Å²) in [5, 5.41) is 22.7. The van der Waals surface area contributed by atoms with E-state index in [1.54, 1.807) is 18.7 Å². The summed E-state index contributed by atoms with van der Waals surface area (Å²) in [7, 11) is 0. The minimum absolute atomic E-state index is 0.192. The molecule has 16 heavy (non-hydrogen) atoms. The summed E-state index contributed by atoms with van der Waals surface area (Å²) in [6.45, 7) is 8.61. The molecule has 0 aromatic carbocycles. The predicted molar refractivity (Wildman–Crippen MR) is 68.9 cm³/mol. The van der Waals surface area contributed by atoms with Gasteiger partial charge in [0.05, 0.1) is 12.2 Å². The summed E-state index contributed by atoms with van der Waals surface area (Å²) in [5.74, 6) is 0.704. The third kappa shape index (κ3) is 5.50. The van der Waals surface area contributed by atoms with Crippen molar-refractivity contribution in [3.8, 4) is 0 Å². The van der Waals surface area contributed by atoms with Crippen LogP contribution < -0.4 is 5.32 Å². The zero-order valence-electron chi connectivity index (χ0n) is 10.2. The number of nitrogens with one attached hydrogen (secondary N) is 1. The highest BCUT2D eigenvalue weighted by molar-refractivity contribution is 7.99. The molecule has 0 aliphatic carbocycles. The lowest BCUT2D eigenvalue weighted by molar-refractivity contribution is 0.121. The largest absolute Gasteiger partial charge is 0.392 e. The second kappa shape index (κ2) is 7.50. The van der Waals surface area contributed by atoms with Crippen LogP contribution in [0.3, 0.4) is 0 Å². The van der Waals surface area contributed by atoms with Crippen LogP contribution >= 0.6 is 11.8 Å². The summed E-state index contributed by atoms with van der Waals surface area (Å²) < 4.78 is 0. The normalized spacial score (nSPS) is 24.0. The van der Waals surface area contributed by atoms with Crippen LogP contribution in [-0.4, -0.2) is 71.0 Å². The molecule has 0 radical (unpaired) electrons. The Bertz CT molecular complexity index is 187. The maximum Gasteiger partial charge on any atom is 0.0757 e. The fraction of sp³-hybridized carbons (Fsp3) is 1.00. The lowest BCUT2D eigenvalue weighted by Gasteiger charge is -2.29. The molecule has 0 saturated carbocycles. The minimum Gasteiger partial charge on any atom is -0.392 e. The number of piperazine rings is 1. The van der Waals surface area contributed by atoms with Crippen molar-refractivity contribution in [2.45, 2.75) is 31.3 Å². The monoisotopic (exact) mass is 248 g/mol. The fourth-order valence-corrected chi connectivity index (χ4v) is 2.56. The van der Waals surface area contributed by atoms with Gasteiger partial charge in [0.1, 0.15) is 0 Å². The van der Waals surface area contributed by atoms with Crippen molar-refractivity contribution in [3.63, 3.8) is 0 Å². The van der Waals surface area contributed by atoms with Crippen LogP contribution in [0.15, 0.2) is 0 Å². The molecule has 0 aromatic heterocycles. The maximum absolute atomic E-state index is 9.87. The summed E-state index contributed by atoms with van der Waals surface area (Å²) in [6.07, 6.45) is -0.597. The molecule has 1 aliphatic rings. The molecule has 0 amide bonds. The second-order valence-electron chi connectivity index (χ2n) is 4.48. The Labute approximate surface area is 102 Å². The number of aliphatic hydroxyl groups excluding tert-OH is 2. The topological polar surface area (TPSA) is 55.7 Å². The molecule has 1 aliphatic heterocycles. The van der Waals surface area contributed by atoms with Gasteiger partial charge in [0.25, 0.3) is 0 Å². The second-order valence-corrected chi connectivity index (χ2v) is 5.89. The average Bonchev–Trinajstić information content (AvgIpc) is 2.27. The first-order valence-corrected chi connectivity index (χ1v) is 7.05. The summed E-state index contributed by atoms with van der Waals surface area (Å²) in [5.41, 5.74) is 0. The Morgan fingerprint density at radius 3 is 2.44 bits per heavy atom. The highest BCUT2D eigenvalue weighted by Crippen LogP contribution is 2.15. The van der Waals surface area contributed by atoms with Gasteiger partial charge in [0, 0.05) is 43.7 Å². The van der Waals surface area contributed by atoms with Crippen molar-refractivity contribution >= 4 is 11.8 Å². The lowest BCUT2D eigenvalue weighted by Crippen LogP contribution is -2.46. The third-order valence-electron chi connectivity index (χ3n) is 2.91. The summed E-state index contributed by atoms with van der Waals surface area (Å²) >= 11 is 1.64. The van der Waals surface area contributed by atoms with E-state index in [-0.39, 0.29) is 17.5 Å². The first kappa shape index (κ1) is 14.3. The van der Waals surface area contributed by atoms with Crippen LogP contribution in [0.5, 0.6) is 0 Å². The fourth-order valence-electron chi connectivity index (χ4n) is 1.65. The molecular formula is C11H24N2O2S. The van der Waals surface area contributed by atoms with Crippen molar-refractivity contribution in [1.29, 1.82) is 0 Å². The van der Waals surface area contributed by atoms with Gasteiger partial charge in [-0.05, 0) is 6.92 Å². The van der Waals surface area contributed by atoms with E-state index in [2.05, 4.69) is 10.2 Å². The van der Waals surface area contributed by atoms with Crippen molar-refractivity contribution < 1.29 is 10.2 Å². The Morgan fingerprint density at radius 1 is 1.25 bits per heavy atom. The van der Waals surface area contributed by atoms with Crippen LogP contribution in [0.4, 0.5) is 0 Å². The van der Waals surface area contributed by atoms with Gasteiger partial charge in [-0.3, -0.25) is 4.90 Å². The van der Waals surface area contributed by atoms with Crippen molar-refractivity contribution in [2.75, 3.05) is 38.5 Å². The predicted octanol–water partition coefficient (Wildman–Crippen LogP) is -0.245. The number of nitrogens with zero attached hydrogens (tertiary/aromatic N) is 1. The van der Waals surface area contributed by atoms with E-state index in [1.807, 2.05) is 6.92 Å². The van der Waals surface area contributed by atoms with Crippen molar-refractivity contribution in [2.24, 2.45) is 0 Å². The number of rotatable bonds is 6. The number of β-amino-alcohol motifs (C(OH)–C–C–N with tert-alkyl or cyclic N) is 1. The maximum atomic E-state index is 9.87. The van der Waals surface area contributed by atoms with Crippen LogP contribution in [0, 0.1) is 0 Å². The number of thioether (sulfide) groups is 1. The molecule has 3 N–H and O–H groups in total. The van der Waals surface area contributed by atoms with Crippen LogP contribution in [0.25, 0.3) is 0 Å². The highest BCUT2D eigenvalue weighted by Gasteiger charge is 2.16. The molecule has 4 nitrogen and oxygen atoms in total. The third-order valence-corrected chi connectivity index (χ3v) is 4.41. The van der Waals surface area contributed by atoms with Gasteiger partial charge >= 0.3 is 0 Å². The van der Waals surface area contributed by atoms with E-state index < -0.39 is 0 Å². The lowest BCUT2D eigenvalue weighted by atomic mass is 10.3. The molecular weight excluding hydrogens is 224 g/mol. The molecule has 1 fully saturated rings.